The van der Waals surface area contributed by atoms with E-state index >= 15 is 0 Å². The Morgan fingerprint density at radius 3 is 2.42 bits per heavy atom. The minimum Gasteiger partial charge on any atom is -0.494 e. The summed E-state index contributed by atoms with van der Waals surface area (Å²) in [5, 5.41) is -0.419. The molecule has 0 radical (unpaired) electrons. The number of benzene rings is 1. The van der Waals surface area contributed by atoms with Crippen LogP contribution in [0.1, 0.15) is 13.8 Å². The summed E-state index contributed by atoms with van der Waals surface area (Å²) in [6.45, 7) is 4.00. The SMILES string of the molecule is CCOc1ccc(S(=O)(=O)NC(=O)[C@@H](C)SC)cc1. The molecule has 0 unspecified atom stereocenters. The molecule has 5 nitrogen and oxygen atoms in total. The molecule has 1 amide bonds. The van der Waals surface area contributed by atoms with E-state index in [1.165, 1.54) is 23.9 Å². The van der Waals surface area contributed by atoms with Gasteiger partial charge in [0, 0.05) is 0 Å². The van der Waals surface area contributed by atoms with Gasteiger partial charge in [0.2, 0.25) is 5.91 Å². The molecule has 0 saturated carbocycles. The van der Waals surface area contributed by atoms with Crippen LogP contribution in [0.5, 0.6) is 5.75 Å². The average Bonchev–Trinajstić information content (AvgIpc) is 2.38. The first-order chi connectivity index (χ1) is 8.90. The topological polar surface area (TPSA) is 72.5 Å². The Bertz CT molecular complexity index is 525. The zero-order valence-corrected chi connectivity index (χ0v) is 12.7. The molecule has 1 rings (SSSR count). The molecule has 0 aromatic heterocycles. The Morgan fingerprint density at radius 2 is 1.95 bits per heavy atom. The van der Waals surface area contributed by atoms with E-state index < -0.39 is 21.2 Å². The van der Waals surface area contributed by atoms with E-state index in [1.54, 1.807) is 25.3 Å². The number of carbonyl (C=O) groups excluding carboxylic acids is 1. The molecule has 106 valence electrons. The van der Waals surface area contributed by atoms with Crippen LogP contribution in [0.4, 0.5) is 0 Å². The lowest BCUT2D eigenvalue weighted by molar-refractivity contribution is -0.118. The van der Waals surface area contributed by atoms with Crippen molar-refractivity contribution in [3.8, 4) is 5.75 Å². The van der Waals surface area contributed by atoms with Crippen molar-refractivity contribution in [1.82, 2.24) is 4.72 Å². The molecule has 0 spiro atoms. The predicted molar refractivity (Wildman–Crippen MR) is 75.9 cm³/mol. The van der Waals surface area contributed by atoms with Crippen LogP contribution < -0.4 is 9.46 Å². The van der Waals surface area contributed by atoms with E-state index in [1.807, 2.05) is 11.6 Å². The smallest absolute Gasteiger partial charge is 0.264 e. The highest BCUT2D eigenvalue weighted by Crippen LogP contribution is 2.16. The Kier molecular flexibility index (Phi) is 5.68. The molecule has 0 aliphatic heterocycles. The third kappa shape index (κ3) is 4.43. The molecule has 1 N–H and O–H groups in total. The maximum absolute atomic E-state index is 12.0. The van der Waals surface area contributed by atoms with Gasteiger partial charge in [-0.3, -0.25) is 4.79 Å². The third-order valence-corrected chi connectivity index (χ3v) is 4.69. The molecule has 0 heterocycles. The maximum Gasteiger partial charge on any atom is 0.264 e. The second-order valence-corrected chi connectivity index (χ2v) is 6.61. The number of sulfonamides is 1. The molecule has 0 aliphatic rings. The Labute approximate surface area is 117 Å². The monoisotopic (exact) mass is 303 g/mol. The number of amides is 1. The van der Waals surface area contributed by atoms with Crippen molar-refractivity contribution < 1.29 is 17.9 Å². The zero-order chi connectivity index (χ0) is 14.5. The largest absolute Gasteiger partial charge is 0.494 e. The van der Waals surface area contributed by atoms with Crippen molar-refractivity contribution in [2.24, 2.45) is 0 Å². The van der Waals surface area contributed by atoms with Crippen LogP contribution in [-0.2, 0) is 14.8 Å². The molecular weight excluding hydrogens is 286 g/mol. The van der Waals surface area contributed by atoms with Crippen molar-refractivity contribution in [2.75, 3.05) is 12.9 Å². The number of thioether (sulfide) groups is 1. The van der Waals surface area contributed by atoms with Gasteiger partial charge in [-0.15, -0.1) is 0 Å². The summed E-state index contributed by atoms with van der Waals surface area (Å²) < 4.78 is 31.2. The molecule has 1 atom stereocenters. The van der Waals surface area contributed by atoms with E-state index in [2.05, 4.69) is 0 Å². The molecule has 0 bridgehead atoms. The quantitative estimate of drug-likeness (QED) is 0.865. The van der Waals surface area contributed by atoms with Gasteiger partial charge in [0.25, 0.3) is 10.0 Å². The molecular formula is C12H17NO4S2. The molecule has 1 aromatic rings. The van der Waals surface area contributed by atoms with Crippen LogP contribution in [0.25, 0.3) is 0 Å². The van der Waals surface area contributed by atoms with E-state index in [-0.39, 0.29) is 4.90 Å². The van der Waals surface area contributed by atoms with E-state index in [0.717, 1.165) is 0 Å². The van der Waals surface area contributed by atoms with Gasteiger partial charge in [-0.05, 0) is 44.4 Å². The summed E-state index contributed by atoms with van der Waals surface area (Å²) in [7, 11) is -3.81. The molecule has 0 aliphatic carbocycles. The van der Waals surface area contributed by atoms with Crippen LogP contribution >= 0.6 is 11.8 Å². The third-order valence-electron chi connectivity index (χ3n) is 2.40. The van der Waals surface area contributed by atoms with Gasteiger partial charge < -0.3 is 4.74 Å². The summed E-state index contributed by atoms with van der Waals surface area (Å²) in [5.41, 5.74) is 0. The van der Waals surface area contributed by atoms with Crippen molar-refractivity contribution in [2.45, 2.75) is 24.0 Å². The lowest BCUT2D eigenvalue weighted by atomic mass is 10.3. The molecule has 7 heteroatoms. The first-order valence-electron chi connectivity index (χ1n) is 5.73. The number of nitrogens with one attached hydrogen (secondary N) is 1. The molecule has 1 aromatic carbocycles. The van der Waals surface area contributed by atoms with Gasteiger partial charge >= 0.3 is 0 Å². The van der Waals surface area contributed by atoms with E-state index in [4.69, 9.17) is 4.74 Å². The van der Waals surface area contributed by atoms with Crippen LogP contribution in [0.15, 0.2) is 29.2 Å². The summed E-state index contributed by atoms with van der Waals surface area (Å²) in [4.78, 5) is 11.6. The normalized spacial score (nSPS) is 12.8. The fraction of sp³-hybridized carbons (Fsp3) is 0.417. The fourth-order valence-electron chi connectivity index (χ4n) is 1.26. The highest BCUT2D eigenvalue weighted by atomic mass is 32.2. The summed E-state index contributed by atoms with van der Waals surface area (Å²) in [6.07, 6.45) is 1.74. The summed E-state index contributed by atoms with van der Waals surface area (Å²) in [5.74, 6) is 0.0617. The van der Waals surface area contributed by atoms with Crippen LogP contribution in [0.2, 0.25) is 0 Å². The molecule has 0 fully saturated rings. The number of rotatable bonds is 6. The average molecular weight is 303 g/mol. The molecule has 19 heavy (non-hydrogen) atoms. The predicted octanol–water partition coefficient (Wildman–Crippen LogP) is 1.64. The number of hydrogen-bond acceptors (Lipinski definition) is 5. The van der Waals surface area contributed by atoms with Gasteiger partial charge in [-0.25, -0.2) is 13.1 Å². The minimum atomic E-state index is -3.81. The standard InChI is InChI=1S/C12H17NO4S2/c1-4-17-10-5-7-11(8-6-10)19(15,16)13-12(14)9(2)18-3/h5-9H,4H2,1-3H3,(H,13,14)/t9-/m1/s1. The first kappa shape index (κ1) is 15.8. The maximum atomic E-state index is 12.0. The second kappa shape index (κ2) is 6.81. The highest BCUT2D eigenvalue weighted by Gasteiger charge is 2.21. The first-order valence-corrected chi connectivity index (χ1v) is 8.50. The minimum absolute atomic E-state index is 0.0395. The number of ether oxygens (including phenoxy) is 1. The Balaban J connectivity index is 2.85. The van der Waals surface area contributed by atoms with E-state index in [9.17, 15) is 13.2 Å². The highest BCUT2D eigenvalue weighted by molar-refractivity contribution is 8.00. The Morgan fingerprint density at radius 1 is 1.37 bits per heavy atom. The van der Waals surface area contributed by atoms with Gasteiger partial charge in [-0.1, -0.05) is 0 Å². The van der Waals surface area contributed by atoms with Crippen LogP contribution in [0.3, 0.4) is 0 Å². The lowest BCUT2D eigenvalue weighted by Gasteiger charge is -2.11. The Hall–Kier alpha value is -1.21. The van der Waals surface area contributed by atoms with Crippen molar-refractivity contribution >= 4 is 27.7 Å². The van der Waals surface area contributed by atoms with Crippen molar-refractivity contribution in [3.05, 3.63) is 24.3 Å². The van der Waals surface area contributed by atoms with Crippen molar-refractivity contribution in [3.63, 3.8) is 0 Å². The van der Waals surface area contributed by atoms with Gasteiger partial charge in [0.15, 0.2) is 0 Å². The second-order valence-electron chi connectivity index (χ2n) is 3.75. The number of hydrogen-bond donors (Lipinski definition) is 1. The number of carbonyl (C=O) groups is 1. The van der Waals surface area contributed by atoms with Gasteiger partial charge in [0.05, 0.1) is 16.8 Å². The lowest BCUT2D eigenvalue weighted by Crippen LogP contribution is -2.35. The van der Waals surface area contributed by atoms with Crippen LogP contribution in [0, 0.1) is 0 Å². The van der Waals surface area contributed by atoms with Gasteiger partial charge in [-0.2, -0.15) is 11.8 Å². The van der Waals surface area contributed by atoms with Crippen LogP contribution in [-0.4, -0.2) is 32.4 Å². The van der Waals surface area contributed by atoms with E-state index in [0.29, 0.717) is 12.4 Å². The van der Waals surface area contributed by atoms with Crippen molar-refractivity contribution in [1.29, 1.82) is 0 Å². The van der Waals surface area contributed by atoms with Gasteiger partial charge in [0.1, 0.15) is 5.75 Å². The summed E-state index contributed by atoms with van der Waals surface area (Å²) in [6, 6.07) is 5.93. The fourth-order valence-corrected chi connectivity index (χ4v) is 2.66. The summed E-state index contributed by atoms with van der Waals surface area (Å²) >= 11 is 1.28. The molecule has 0 saturated heterocycles. The zero-order valence-electron chi connectivity index (χ0n) is 11.0.